The molecule has 0 atom stereocenters. The van der Waals surface area contributed by atoms with Crippen molar-refractivity contribution in [2.45, 2.75) is 0 Å². The molecule has 1 N–H and O–H groups in total. The lowest BCUT2D eigenvalue weighted by molar-refractivity contribution is 0.144. The van der Waals surface area contributed by atoms with Gasteiger partial charge in [-0.1, -0.05) is 0 Å². The predicted octanol–water partition coefficient (Wildman–Crippen LogP) is 1.84. The zero-order valence-electron chi connectivity index (χ0n) is 7.14. The molecule has 0 radical (unpaired) electrons. The maximum absolute atomic E-state index is 10.2. The van der Waals surface area contributed by atoms with Crippen LogP contribution in [0, 0.1) is 0 Å². The minimum Gasteiger partial charge on any atom is -0.486 e. The number of ether oxygens (including phenoxy) is 2. The molecule has 2 rings (SSSR count). The first-order valence-corrected chi connectivity index (χ1v) is 3.96. The third-order valence-corrected chi connectivity index (χ3v) is 1.68. The average molecular weight is 193 g/mol. The molecule has 0 saturated heterocycles. The predicted molar refractivity (Wildman–Crippen MR) is 48.7 cm³/mol. The summed E-state index contributed by atoms with van der Waals surface area (Å²) in [5, 5.41) is 8.38. The van der Waals surface area contributed by atoms with Gasteiger partial charge in [-0.3, -0.25) is 4.99 Å². The molecule has 0 unspecified atom stereocenters. The number of hydrogen-bond acceptors (Lipinski definition) is 4. The third kappa shape index (κ3) is 1.66. The molecule has 1 heterocycles. The van der Waals surface area contributed by atoms with E-state index in [1.165, 1.54) is 12.1 Å². The van der Waals surface area contributed by atoms with Gasteiger partial charge >= 0.3 is 6.16 Å². The average Bonchev–Trinajstić information content (AvgIpc) is 2.17. The summed E-state index contributed by atoms with van der Waals surface area (Å²) in [6.45, 7) is 0.437. The van der Waals surface area contributed by atoms with Gasteiger partial charge in [-0.2, -0.15) is 0 Å². The van der Waals surface area contributed by atoms with E-state index in [1.807, 2.05) is 0 Å². The Hall–Kier alpha value is -2.04. The second-order valence-corrected chi connectivity index (χ2v) is 2.62. The number of fused-ring (bicyclic) bond motifs is 1. The summed E-state index contributed by atoms with van der Waals surface area (Å²) in [7, 11) is 0. The molecule has 1 aromatic rings. The van der Waals surface area contributed by atoms with Gasteiger partial charge < -0.3 is 14.6 Å². The van der Waals surface area contributed by atoms with Gasteiger partial charge in [-0.25, -0.2) is 4.79 Å². The zero-order valence-corrected chi connectivity index (χ0v) is 7.14. The van der Waals surface area contributed by atoms with Crippen molar-refractivity contribution in [1.29, 1.82) is 0 Å². The molecule has 1 aliphatic rings. The number of rotatable bonds is 1. The molecule has 0 amide bonds. The second-order valence-electron chi connectivity index (χ2n) is 2.62. The van der Waals surface area contributed by atoms with Crippen LogP contribution in [0.25, 0.3) is 0 Å². The first kappa shape index (κ1) is 8.55. The molecule has 0 bridgehead atoms. The number of carboxylic acid groups (broad SMARTS) is 1. The van der Waals surface area contributed by atoms with Crippen molar-refractivity contribution in [2.24, 2.45) is 4.99 Å². The lowest BCUT2D eigenvalue weighted by Gasteiger charge is -2.11. The fourth-order valence-electron chi connectivity index (χ4n) is 1.15. The van der Waals surface area contributed by atoms with Crippen molar-refractivity contribution in [1.82, 2.24) is 0 Å². The monoisotopic (exact) mass is 193 g/mol. The Labute approximate surface area is 79.6 Å². The molecule has 1 aromatic carbocycles. The summed E-state index contributed by atoms with van der Waals surface area (Å²) in [4.78, 5) is 14.3. The Kier molecular flexibility index (Phi) is 2.06. The highest BCUT2D eigenvalue weighted by Gasteiger charge is 2.09. The van der Waals surface area contributed by atoms with E-state index in [0.29, 0.717) is 18.0 Å². The van der Waals surface area contributed by atoms with Crippen LogP contribution in [0.5, 0.6) is 11.5 Å². The fourth-order valence-corrected chi connectivity index (χ4v) is 1.15. The van der Waals surface area contributed by atoms with Crippen LogP contribution in [0.15, 0.2) is 23.2 Å². The first-order valence-electron chi connectivity index (χ1n) is 3.96. The van der Waals surface area contributed by atoms with Crippen LogP contribution in [0.4, 0.5) is 10.5 Å². The van der Waals surface area contributed by atoms with Crippen LogP contribution in [0.2, 0.25) is 0 Å². The van der Waals surface area contributed by atoms with Crippen molar-refractivity contribution in [3.63, 3.8) is 0 Å². The standard InChI is InChI=1S/C9H7NO4/c11-9(12)14-6-1-2-8-7(5-6)10-3-4-13-8/h1-3,5H,4H2,(H,11,12). The van der Waals surface area contributed by atoms with E-state index in [2.05, 4.69) is 9.73 Å². The highest BCUT2D eigenvalue weighted by molar-refractivity contribution is 5.72. The van der Waals surface area contributed by atoms with Crippen molar-refractivity contribution in [3.8, 4) is 11.5 Å². The lowest BCUT2D eigenvalue weighted by Crippen LogP contribution is -2.05. The van der Waals surface area contributed by atoms with E-state index in [9.17, 15) is 4.79 Å². The highest BCUT2D eigenvalue weighted by atomic mass is 16.7. The van der Waals surface area contributed by atoms with E-state index in [1.54, 1.807) is 12.3 Å². The number of carbonyl (C=O) groups is 1. The Morgan fingerprint density at radius 2 is 2.43 bits per heavy atom. The summed E-state index contributed by atoms with van der Waals surface area (Å²) < 4.78 is 9.70. The summed E-state index contributed by atoms with van der Waals surface area (Å²) in [6.07, 6.45) is 0.262. The maximum Gasteiger partial charge on any atom is 0.511 e. The van der Waals surface area contributed by atoms with Gasteiger partial charge in [0, 0.05) is 12.3 Å². The number of benzene rings is 1. The Bertz CT molecular complexity index is 400. The van der Waals surface area contributed by atoms with Gasteiger partial charge in [0.05, 0.1) is 0 Å². The normalized spacial score (nSPS) is 12.9. The van der Waals surface area contributed by atoms with Crippen LogP contribution in [-0.2, 0) is 0 Å². The van der Waals surface area contributed by atoms with Crippen LogP contribution >= 0.6 is 0 Å². The molecule has 0 aliphatic carbocycles. The summed E-state index contributed by atoms with van der Waals surface area (Å²) in [5.41, 5.74) is 0.579. The summed E-state index contributed by atoms with van der Waals surface area (Å²) in [5.74, 6) is 0.865. The Morgan fingerprint density at radius 3 is 3.21 bits per heavy atom. The van der Waals surface area contributed by atoms with Gasteiger partial charge in [0.25, 0.3) is 0 Å². The number of nitrogens with zero attached hydrogens (tertiary/aromatic N) is 1. The Balaban J connectivity index is 2.30. The fraction of sp³-hybridized carbons (Fsp3) is 0.111. The Morgan fingerprint density at radius 1 is 1.57 bits per heavy atom. The molecule has 0 aromatic heterocycles. The van der Waals surface area contributed by atoms with Crippen LogP contribution in [-0.4, -0.2) is 24.1 Å². The largest absolute Gasteiger partial charge is 0.511 e. The molecule has 0 saturated carbocycles. The molecular weight excluding hydrogens is 186 g/mol. The first-order chi connectivity index (χ1) is 6.75. The molecule has 0 fully saturated rings. The lowest BCUT2D eigenvalue weighted by atomic mass is 10.2. The molecule has 5 nitrogen and oxygen atoms in total. The van der Waals surface area contributed by atoms with Gasteiger partial charge in [0.2, 0.25) is 0 Å². The second kappa shape index (κ2) is 3.37. The smallest absolute Gasteiger partial charge is 0.486 e. The molecule has 5 heteroatoms. The van der Waals surface area contributed by atoms with Gasteiger partial charge in [0.15, 0.2) is 0 Å². The topological polar surface area (TPSA) is 68.1 Å². The van der Waals surface area contributed by atoms with E-state index in [4.69, 9.17) is 9.84 Å². The third-order valence-electron chi connectivity index (χ3n) is 1.68. The molecule has 72 valence electrons. The van der Waals surface area contributed by atoms with Crippen molar-refractivity contribution in [3.05, 3.63) is 18.2 Å². The number of aliphatic imine (C=N–C) groups is 1. The van der Waals surface area contributed by atoms with Crippen LogP contribution in [0.1, 0.15) is 0 Å². The van der Waals surface area contributed by atoms with Crippen LogP contribution in [0.3, 0.4) is 0 Å². The number of hydrogen-bond donors (Lipinski definition) is 1. The summed E-state index contributed by atoms with van der Waals surface area (Å²) in [6, 6.07) is 4.66. The highest BCUT2D eigenvalue weighted by Crippen LogP contribution is 2.33. The summed E-state index contributed by atoms with van der Waals surface area (Å²) >= 11 is 0. The van der Waals surface area contributed by atoms with Crippen molar-refractivity contribution < 1.29 is 19.4 Å². The van der Waals surface area contributed by atoms with Crippen LogP contribution < -0.4 is 9.47 Å². The van der Waals surface area contributed by atoms with Crippen molar-refractivity contribution >= 4 is 18.1 Å². The molecular formula is C9H7NO4. The van der Waals surface area contributed by atoms with E-state index < -0.39 is 6.16 Å². The minimum absolute atomic E-state index is 0.235. The van der Waals surface area contributed by atoms with Gasteiger partial charge in [-0.05, 0) is 12.1 Å². The van der Waals surface area contributed by atoms with E-state index in [0.717, 1.165) is 0 Å². The SMILES string of the molecule is O=C(O)Oc1ccc2c(c1)N=CCO2. The molecule has 0 spiro atoms. The van der Waals surface area contributed by atoms with E-state index >= 15 is 0 Å². The quantitative estimate of drug-likeness (QED) is 0.545. The molecule has 14 heavy (non-hydrogen) atoms. The van der Waals surface area contributed by atoms with Gasteiger partial charge in [0.1, 0.15) is 23.8 Å². The minimum atomic E-state index is -1.34. The maximum atomic E-state index is 10.2. The zero-order chi connectivity index (χ0) is 9.97. The van der Waals surface area contributed by atoms with Crippen molar-refractivity contribution in [2.75, 3.05) is 6.61 Å². The molecule has 1 aliphatic heterocycles. The van der Waals surface area contributed by atoms with E-state index in [-0.39, 0.29) is 5.75 Å². The van der Waals surface area contributed by atoms with Gasteiger partial charge in [-0.15, -0.1) is 0 Å².